The summed E-state index contributed by atoms with van der Waals surface area (Å²) in [6.45, 7) is 4.01. The van der Waals surface area contributed by atoms with Crippen molar-refractivity contribution in [1.29, 1.82) is 5.26 Å². The van der Waals surface area contributed by atoms with Gasteiger partial charge in [0, 0.05) is 12.5 Å². The SMILES string of the molecule is CCC(CC)(CCC#N)C(N)CC(=O)O. The predicted molar refractivity (Wildman–Crippen MR) is 58.1 cm³/mol. The van der Waals surface area contributed by atoms with Gasteiger partial charge in [-0.2, -0.15) is 5.26 Å². The molecule has 0 aliphatic heterocycles. The lowest BCUT2D eigenvalue weighted by molar-refractivity contribution is -0.138. The van der Waals surface area contributed by atoms with E-state index in [1.165, 1.54) is 0 Å². The van der Waals surface area contributed by atoms with E-state index in [1.54, 1.807) is 0 Å². The molecule has 1 atom stereocenters. The number of hydrogen-bond acceptors (Lipinski definition) is 3. The third-order valence-corrected chi connectivity index (χ3v) is 3.32. The van der Waals surface area contributed by atoms with Gasteiger partial charge in [-0.15, -0.1) is 0 Å². The van der Waals surface area contributed by atoms with Crippen molar-refractivity contribution < 1.29 is 9.90 Å². The Hall–Kier alpha value is -1.08. The maximum Gasteiger partial charge on any atom is 0.304 e. The fourth-order valence-electron chi connectivity index (χ4n) is 2.02. The highest BCUT2D eigenvalue weighted by molar-refractivity contribution is 5.67. The van der Waals surface area contributed by atoms with Crippen LogP contribution in [0, 0.1) is 16.7 Å². The van der Waals surface area contributed by atoms with Gasteiger partial charge in [-0.05, 0) is 24.7 Å². The normalized spacial score (nSPS) is 13.2. The Morgan fingerprint density at radius 2 is 2.07 bits per heavy atom. The summed E-state index contributed by atoms with van der Waals surface area (Å²) in [5.74, 6) is -0.870. The first-order valence-corrected chi connectivity index (χ1v) is 5.36. The number of nitrogens with two attached hydrogens (primary N) is 1. The van der Waals surface area contributed by atoms with Crippen molar-refractivity contribution >= 4 is 5.97 Å². The van der Waals surface area contributed by atoms with Gasteiger partial charge in [0.25, 0.3) is 0 Å². The zero-order valence-corrected chi connectivity index (χ0v) is 9.49. The highest BCUT2D eigenvalue weighted by atomic mass is 16.4. The molecule has 15 heavy (non-hydrogen) atoms. The van der Waals surface area contributed by atoms with E-state index < -0.39 is 5.97 Å². The molecule has 3 N–H and O–H groups in total. The Balaban J connectivity index is 4.60. The van der Waals surface area contributed by atoms with Gasteiger partial charge >= 0.3 is 5.97 Å². The topological polar surface area (TPSA) is 87.1 Å². The van der Waals surface area contributed by atoms with Gasteiger partial charge in [0.15, 0.2) is 0 Å². The number of aliphatic carboxylic acids is 1. The number of nitriles is 1. The second-order valence-corrected chi connectivity index (χ2v) is 3.93. The van der Waals surface area contributed by atoms with Crippen LogP contribution < -0.4 is 5.73 Å². The molecule has 0 saturated carbocycles. The van der Waals surface area contributed by atoms with E-state index in [2.05, 4.69) is 6.07 Å². The summed E-state index contributed by atoms with van der Waals surface area (Å²) in [5.41, 5.74) is 5.73. The first-order chi connectivity index (χ1) is 7.02. The maximum absolute atomic E-state index is 10.6. The number of carboxylic acid groups (broad SMARTS) is 1. The quantitative estimate of drug-likeness (QED) is 0.674. The fraction of sp³-hybridized carbons (Fsp3) is 0.818. The Kier molecular flexibility index (Phi) is 5.95. The summed E-state index contributed by atoms with van der Waals surface area (Å²) in [7, 11) is 0. The average molecular weight is 212 g/mol. The first-order valence-electron chi connectivity index (χ1n) is 5.36. The van der Waals surface area contributed by atoms with Crippen molar-refractivity contribution in [1.82, 2.24) is 0 Å². The zero-order valence-electron chi connectivity index (χ0n) is 9.49. The smallest absolute Gasteiger partial charge is 0.304 e. The van der Waals surface area contributed by atoms with Gasteiger partial charge in [0.2, 0.25) is 0 Å². The van der Waals surface area contributed by atoms with Gasteiger partial charge in [0.1, 0.15) is 0 Å². The van der Waals surface area contributed by atoms with Crippen LogP contribution in [0.5, 0.6) is 0 Å². The van der Waals surface area contributed by atoms with Crippen molar-refractivity contribution in [2.24, 2.45) is 11.1 Å². The van der Waals surface area contributed by atoms with Crippen molar-refractivity contribution in [3.8, 4) is 6.07 Å². The van der Waals surface area contributed by atoms with Gasteiger partial charge < -0.3 is 10.8 Å². The van der Waals surface area contributed by atoms with E-state index >= 15 is 0 Å². The molecule has 0 rings (SSSR count). The predicted octanol–water partition coefficient (Wildman–Crippen LogP) is 1.90. The lowest BCUT2D eigenvalue weighted by atomic mass is 9.71. The molecule has 0 aromatic rings. The van der Waals surface area contributed by atoms with Gasteiger partial charge in [-0.25, -0.2) is 0 Å². The van der Waals surface area contributed by atoms with Gasteiger partial charge in [0.05, 0.1) is 12.5 Å². The molecule has 1 unspecified atom stereocenters. The Morgan fingerprint density at radius 1 is 1.53 bits per heavy atom. The molecule has 0 spiro atoms. The highest BCUT2D eigenvalue weighted by Gasteiger charge is 2.33. The Labute approximate surface area is 91.1 Å². The summed E-state index contributed by atoms with van der Waals surface area (Å²) in [6.07, 6.45) is 2.74. The molecule has 0 fully saturated rings. The van der Waals surface area contributed by atoms with Crippen LogP contribution in [0.15, 0.2) is 0 Å². The summed E-state index contributed by atoms with van der Waals surface area (Å²) in [4.78, 5) is 10.6. The average Bonchev–Trinajstić information content (AvgIpc) is 2.19. The van der Waals surface area contributed by atoms with E-state index in [0.717, 1.165) is 12.8 Å². The van der Waals surface area contributed by atoms with Crippen LogP contribution in [0.4, 0.5) is 0 Å². The monoisotopic (exact) mass is 212 g/mol. The van der Waals surface area contributed by atoms with Crippen molar-refractivity contribution in [2.45, 2.75) is 52.0 Å². The zero-order chi connectivity index (χ0) is 11.9. The Bertz CT molecular complexity index is 241. The van der Waals surface area contributed by atoms with E-state index in [4.69, 9.17) is 16.1 Å². The Morgan fingerprint density at radius 3 is 2.40 bits per heavy atom. The molecule has 0 radical (unpaired) electrons. The molecule has 4 heteroatoms. The van der Waals surface area contributed by atoms with Crippen LogP contribution in [0.25, 0.3) is 0 Å². The summed E-state index contributed by atoms with van der Waals surface area (Å²) in [6, 6.07) is 1.73. The molecule has 0 aromatic heterocycles. The summed E-state index contributed by atoms with van der Waals surface area (Å²) >= 11 is 0. The number of carbonyl (C=O) groups is 1. The van der Waals surface area contributed by atoms with Crippen molar-refractivity contribution in [2.75, 3.05) is 0 Å². The standard InChI is InChI=1S/C11H20N2O2/c1-3-11(4-2,6-5-7-12)9(13)8-10(14)15/h9H,3-6,8,13H2,1-2H3,(H,14,15). The number of hydrogen-bond donors (Lipinski definition) is 2. The van der Waals surface area contributed by atoms with E-state index in [0.29, 0.717) is 12.8 Å². The van der Waals surface area contributed by atoms with Crippen LogP contribution in [0.1, 0.15) is 46.0 Å². The van der Waals surface area contributed by atoms with Crippen molar-refractivity contribution in [3.63, 3.8) is 0 Å². The molecular weight excluding hydrogens is 192 g/mol. The van der Waals surface area contributed by atoms with Crippen LogP contribution in [-0.2, 0) is 4.79 Å². The van der Waals surface area contributed by atoms with Crippen LogP contribution >= 0.6 is 0 Å². The second-order valence-electron chi connectivity index (χ2n) is 3.93. The molecule has 0 bridgehead atoms. The van der Waals surface area contributed by atoms with E-state index in [1.807, 2.05) is 13.8 Å². The lowest BCUT2D eigenvalue weighted by Crippen LogP contribution is -2.42. The molecule has 0 aliphatic carbocycles. The number of nitrogens with zero attached hydrogens (tertiary/aromatic N) is 1. The molecule has 4 nitrogen and oxygen atoms in total. The third-order valence-electron chi connectivity index (χ3n) is 3.32. The van der Waals surface area contributed by atoms with Crippen LogP contribution in [0.2, 0.25) is 0 Å². The lowest BCUT2D eigenvalue weighted by Gasteiger charge is -2.36. The van der Waals surface area contributed by atoms with Crippen LogP contribution in [0.3, 0.4) is 0 Å². The summed E-state index contributed by atoms with van der Waals surface area (Å²) in [5, 5.41) is 17.3. The second kappa shape index (κ2) is 6.41. The first kappa shape index (κ1) is 13.9. The summed E-state index contributed by atoms with van der Waals surface area (Å²) < 4.78 is 0. The van der Waals surface area contributed by atoms with Crippen LogP contribution in [-0.4, -0.2) is 17.1 Å². The highest BCUT2D eigenvalue weighted by Crippen LogP contribution is 2.36. The van der Waals surface area contributed by atoms with Crippen molar-refractivity contribution in [3.05, 3.63) is 0 Å². The fourth-order valence-corrected chi connectivity index (χ4v) is 2.02. The molecule has 0 amide bonds. The molecule has 0 aromatic carbocycles. The molecule has 0 heterocycles. The number of carboxylic acids is 1. The largest absolute Gasteiger partial charge is 0.481 e. The molecule has 86 valence electrons. The number of rotatable bonds is 7. The molecule has 0 saturated heterocycles. The molecular formula is C11H20N2O2. The minimum Gasteiger partial charge on any atom is -0.481 e. The minimum absolute atomic E-state index is 0.0207. The third kappa shape index (κ3) is 3.88. The maximum atomic E-state index is 10.6. The molecule has 0 aliphatic rings. The van der Waals surface area contributed by atoms with Gasteiger partial charge in [-0.1, -0.05) is 13.8 Å². The van der Waals surface area contributed by atoms with E-state index in [9.17, 15) is 4.79 Å². The minimum atomic E-state index is -0.870. The van der Waals surface area contributed by atoms with E-state index in [-0.39, 0.29) is 17.9 Å². The van der Waals surface area contributed by atoms with Gasteiger partial charge in [-0.3, -0.25) is 4.79 Å².